The lowest BCUT2D eigenvalue weighted by molar-refractivity contribution is 0.0408. The lowest BCUT2D eigenvalue weighted by Crippen LogP contribution is -2.48. The quantitative estimate of drug-likeness (QED) is 0.663. The van der Waals surface area contributed by atoms with E-state index in [1.807, 2.05) is 0 Å². The van der Waals surface area contributed by atoms with E-state index in [9.17, 15) is 14.7 Å². The van der Waals surface area contributed by atoms with Gasteiger partial charge >= 0.3 is 0 Å². The number of rotatable bonds is 5. The fraction of sp³-hybridized carbons (Fsp3) is 0.250. The summed E-state index contributed by atoms with van der Waals surface area (Å²) in [6, 6.07) is 7.68. The molecular weight excluding hydrogens is 394 g/mol. The Balaban J connectivity index is 2.14. The molecule has 0 bridgehead atoms. The van der Waals surface area contributed by atoms with Crippen molar-refractivity contribution in [1.29, 1.82) is 0 Å². The van der Waals surface area contributed by atoms with Gasteiger partial charge in [-0.15, -0.1) is 0 Å². The first-order valence-electron chi connectivity index (χ1n) is 8.86. The monoisotopic (exact) mass is 413 g/mol. The molecule has 0 radical (unpaired) electrons. The third-order valence-electron chi connectivity index (χ3n) is 4.49. The Hall–Kier alpha value is -3.10. The van der Waals surface area contributed by atoms with E-state index in [1.54, 1.807) is 45.0 Å². The highest BCUT2D eigenvalue weighted by atomic mass is 35.5. The van der Waals surface area contributed by atoms with Gasteiger partial charge in [0.05, 0.1) is 29.7 Å². The minimum Gasteiger partial charge on any atom is -0.388 e. The molecule has 3 rings (SSSR count). The number of hydrogen-bond acceptors (Lipinski definition) is 6. The Kier molecular flexibility index (Phi) is 5.76. The zero-order chi connectivity index (χ0) is 21.2. The predicted molar refractivity (Wildman–Crippen MR) is 109 cm³/mol. The van der Waals surface area contributed by atoms with Crippen molar-refractivity contribution in [2.45, 2.75) is 32.4 Å². The second-order valence-electron chi connectivity index (χ2n) is 7.11. The smallest absolute Gasteiger partial charge is 0.284 e. The van der Waals surface area contributed by atoms with Gasteiger partial charge < -0.3 is 10.4 Å². The van der Waals surface area contributed by atoms with Gasteiger partial charge in [0, 0.05) is 10.6 Å². The van der Waals surface area contributed by atoms with Crippen LogP contribution in [0.4, 0.5) is 0 Å². The number of amides is 1. The first-order valence-corrected chi connectivity index (χ1v) is 9.23. The SMILES string of the molecule is C[C@@H](NC(=O)c1cc(-c2ccc(Cl)cc2)nn(-c2cncnc2)c1=O)C(C)(C)O. The Morgan fingerprint density at radius 3 is 2.41 bits per heavy atom. The van der Waals surface area contributed by atoms with Gasteiger partial charge in [0.2, 0.25) is 0 Å². The molecule has 150 valence electrons. The van der Waals surface area contributed by atoms with Crippen LogP contribution in [-0.4, -0.2) is 42.4 Å². The van der Waals surface area contributed by atoms with Gasteiger partial charge in [0.15, 0.2) is 0 Å². The summed E-state index contributed by atoms with van der Waals surface area (Å²) in [5.74, 6) is -0.618. The van der Waals surface area contributed by atoms with Crippen LogP contribution in [0.1, 0.15) is 31.1 Å². The molecule has 2 heterocycles. The van der Waals surface area contributed by atoms with Gasteiger partial charge in [-0.25, -0.2) is 9.97 Å². The van der Waals surface area contributed by atoms with Crippen LogP contribution in [0.2, 0.25) is 5.02 Å². The largest absolute Gasteiger partial charge is 0.388 e. The van der Waals surface area contributed by atoms with Crippen LogP contribution in [0, 0.1) is 0 Å². The molecule has 0 aliphatic heterocycles. The molecule has 2 N–H and O–H groups in total. The number of carbonyl (C=O) groups is 1. The summed E-state index contributed by atoms with van der Waals surface area (Å²) < 4.78 is 1.08. The van der Waals surface area contributed by atoms with E-state index in [-0.39, 0.29) is 5.56 Å². The fourth-order valence-corrected chi connectivity index (χ4v) is 2.57. The van der Waals surface area contributed by atoms with E-state index in [1.165, 1.54) is 24.8 Å². The van der Waals surface area contributed by atoms with E-state index < -0.39 is 23.1 Å². The molecule has 0 unspecified atom stereocenters. The van der Waals surface area contributed by atoms with Gasteiger partial charge in [-0.05, 0) is 39.0 Å². The molecule has 0 saturated heterocycles. The van der Waals surface area contributed by atoms with E-state index >= 15 is 0 Å². The van der Waals surface area contributed by atoms with Crippen LogP contribution >= 0.6 is 11.6 Å². The number of aliphatic hydroxyl groups is 1. The highest BCUT2D eigenvalue weighted by molar-refractivity contribution is 6.30. The average Bonchev–Trinajstić information content (AvgIpc) is 2.68. The first-order chi connectivity index (χ1) is 13.7. The van der Waals surface area contributed by atoms with Gasteiger partial charge in [-0.1, -0.05) is 23.7 Å². The Morgan fingerprint density at radius 1 is 1.21 bits per heavy atom. The summed E-state index contributed by atoms with van der Waals surface area (Å²) in [4.78, 5) is 33.6. The van der Waals surface area contributed by atoms with Crippen LogP contribution < -0.4 is 10.9 Å². The summed E-state index contributed by atoms with van der Waals surface area (Å²) in [6.45, 7) is 4.80. The summed E-state index contributed by atoms with van der Waals surface area (Å²) in [7, 11) is 0. The molecule has 0 aliphatic rings. The van der Waals surface area contributed by atoms with E-state index in [4.69, 9.17) is 11.6 Å². The summed E-state index contributed by atoms with van der Waals surface area (Å²) in [6.07, 6.45) is 4.18. The lowest BCUT2D eigenvalue weighted by Gasteiger charge is -2.26. The number of carbonyl (C=O) groups excluding carboxylic acids is 1. The van der Waals surface area contributed by atoms with Gasteiger partial charge in [-0.3, -0.25) is 9.59 Å². The van der Waals surface area contributed by atoms with Crippen molar-refractivity contribution in [3.05, 3.63) is 70.0 Å². The first kappa shape index (κ1) is 20.6. The highest BCUT2D eigenvalue weighted by Gasteiger charge is 2.26. The molecule has 8 nitrogen and oxygen atoms in total. The number of nitrogens with one attached hydrogen (secondary N) is 1. The van der Waals surface area contributed by atoms with Gasteiger partial charge in [-0.2, -0.15) is 9.78 Å². The fourth-order valence-electron chi connectivity index (χ4n) is 2.45. The number of nitrogens with zero attached hydrogens (tertiary/aromatic N) is 4. The Labute approximate surface area is 172 Å². The van der Waals surface area contributed by atoms with Gasteiger partial charge in [0.1, 0.15) is 17.6 Å². The molecule has 1 aromatic carbocycles. The normalized spacial score (nSPS) is 12.4. The summed E-state index contributed by atoms with van der Waals surface area (Å²) in [5.41, 5.74) is -0.523. The third-order valence-corrected chi connectivity index (χ3v) is 4.75. The summed E-state index contributed by atoms with van der Waals surface area (Å²) >= 11 is 5.95. The molecule has 1 amide bonds. The third kappa shape index (κ3) is 4.67. The van der Waals surface area contributed by atoms with Crippen molar-refractivity contribution in [3.8, 4) is 16.9 Å². The van der Waals surface area contributed by atoms with Crippen molar-refractivity contribution in [2.24, 2.45) is 0 Å². The Morgan fingerprint density at radius 2 is 1.83 bits per heavy atom. The minimum atomic E-state index is -1.16. The molecule has 0 spiro atoms. The van der Waals surface area contributed by atoms with E-state index in [0.717, 1.165) is 4.68 Å². The highest BCUT2D eigenvalue weighted by Crippen LogP contribution is 2.20. The number of hydrogen-bond donors (Lipinski definition) is 2. The van der Waals surface area contributed by atoms with Crippen LogP contribution in [0.5, 0.6) is 0 Å². The number of halogens is 1. The lowest BCUT2D eigenvalue weighted by atomic mass is 10.0. The molecule has 0 saturated carbocycles. The van der Waals surface area contributed by atoms with Crippen LogP contribution in [0.15, 0.2) is 53.8 Å². The topological polar surface area (TPSA) is 110 Å². The van der Waals surface area contributed by atoms with Crippen LogP contribution in [0.3, 0.4) is 0 Å². The van der Waals surface area contributed by atoms with Crippen molar-refractivity contribution in [2.75, 3.05) is 0 Å². The maximum absolute atomic E-state index is 13.0. The maximum atomic E-state index is 13.0. The van der Waals surface area contributed by atoms with E-state index in [2.05, 4.69) is 20.4 Å². The van der Waals surface area contributed by atoms with E-state index in [0.29, 0.717) is 22.0 Å². The standard InChI is InChI=1S/C20H20ClN5O3/c1-12(20(2,3)29)24-18(27)16-8-17(13-4-6-14(21)7-5-13)25-26(19(16)28)15-9-22-11-23-10-15/h4-12,29H,1-3H3,(H,24,27)/t12-/m1/s1. The molecular formula is C20H20ClN5O3. The van der Waals surface area contributed by atoms with Crippen molar-refractivity contribution >= 4 is 17.5 Å². The predicted octanol–water partition coefficient (Wildman–Crippen LogP) is 2.23. The van der Waals surface area contributed by atoms with Crippen LogP contribution in [-0.2, 0) is 0 Å². The maximum Gasteiger partial charge on any atom is 0.284 e. The molecule has 2 aromatic heterocycles. The van der Waals surface area contributed by atoms with Crippen LogP contribution in [0.25, 0.3) is 16.9 Å². The molecule has 29 heavy (non-hydrogen) atoms. The second kappa shape index (κ2) is 8.10. The molecule has 1 atom stereocenters. The zero-order valence-electron chi connectivity index (χ0n) is 16.1. The van der Waals surface area contributed by atoms with Crippen molar-refractivity contribution in [3.63, 3.8) is 0 Å². The molecule has 3 aromatic rings. The Bertz CT molecular complexity index is 1080. The number of benzene rings is 1. The average molecular weight is 414 g/mol. The zero-order valence-corrected chi connectivity index (χ0v) is 16.9. The van der Waals surface area contributed by atoms with Crippen molar-refractivity contribution in [1.82, 2.24) is 25.1 Å². The minimum absolute atomic E-state index is 0.120. The molecule has 0 fully saturated rings. The van der Waals surface area contributed by atoms with Crippen molar-refractivity contribution < 1.29 is 9.90 Å². The second-order valence-corrected chi connectivity index (χ2v) is 7.55. The number of aromatic nitrogens is 4. The van der Waals surface area contributed by atoms with Gasteiger partial charge in [0.25, 0.3) is 11.5 Å². The summed E-state index contributed by atoms with van der Waals surface area (Å²) in [5, 5.41) is 17.7. The molecule has 9 heteroatoms. The molecule has 0 aliphatic carbocycles.